The lowest BCUT2D eigenvalue weighted by Gasteiger charge is -2.22. The van der Waals surface area contributed by atoms with E-state index < -0.39 is 11.7 Å². The molecule has 2 unspecified atom stereocenters. The van der Waals surface area contributed by atoms with Crippen molar-refractivity contribution < 1.29 is 8.78 Å². The third-order valence-electron chi connectivity index (χ3n) is 7.75. The van der Waals surface area contributed by atoms with Crippen molar-refractivity contribution in [2.75, 3.05) is 0 Å². The molecular formula is C30H37Br2F2N2S3. The number of unbranched alkanes of at least 4 members (excludes halogenated alkanes) is 2. The molecule has 1 aliphatic heterocycles. The number of nitrogens with one attached hydrogen (secondary N) is 1. The van der Waals surface area contributed by atoms with Crippen molar-refractivity contribution >= 4 is 83.5 Å². The van der Waals surface area contributed by atoms with Crippen LogP contribution in [0.4, 0.5) is 8.78 Å². The molecule has 2 aromatic rings. The molecule has 2 aliphatic rings. The Labute approximate surface area is 261 Å². The van der Waals surface area contributed by atoms with E-state index in [4.69, 9.17) is 0 Å². The number of hydrogen-bond donors (Lipinski definition) is 1. The Hall–Kier alpha value is -0.320. The van der Waals surface area contributed by atoms with Crippen molar-refractivity contribution in [2.24, 2.45) is 16.2 Å². The van der Waals surface area contributed by atoms with E-state index in [0.717, 1.165) is 55.8 Å². The van der Waals surface area contributed by atoms with Gasteiger partial charge in [-0.15, -0.1) is 22.7 Å². The first kappa shape index (κ1) is 31.6. The summed E-state index contributed by atoms with van der Waals surface area (Å²) in [5.41, 5.74) is 3.35. The van der Waals surface area contributed by atoms with E-state index in [2.05, 4.69) is 68.7 Å². The third-order valence-corrected chi connectivity index (χ3v) is 12.3. The first-order chi connectivity index (χ1) is 18.8. The van der Waals surface area contributed by atoms with Gasteiger partial charge in [0.05, 0.1) is 31.0 Å². The lowest BCUT2D eigenvalue weighted by Crippen LogP contribution is -2.25. The molecule has 0 bridgehead atoms. The van der Waals surface area contributed by atoms with E-state index in [0.29, 0.717) is 28.5 Å². The minimum absolute atomic E-state index is 0.253. The van der Waals surface area contributed by atoms with Crippen molar-refractivity contribution in [1.82, 2.24) is 4.72 Å². The first-order valence-electron chi connectivity index (χ1n) is 14.1. The topological polar surface area (TPSA) is 24.4 Å². The molecule has 0 saturated carbocycles. The molecule has 0 spiro atoms. The van der Waals surface area contributed by atoms with Crippen molar-refractivity contribution in [3.05, 3.63) is 58.3 Å². The SMILES string of the molecule is CCCCC(CC)Cc1cc(C2=C(F)C(F)=C(c3cc(CC(CC)CCCC)c(Br)s3)C3=NSN[C]32)sc1Br. The normalized spacial score (nSPS) is 17.7. The Balaban J connectivity index is 1.67. The third kappa shape index (κ3) is 7.19. The van der Waals surface area contributed by atoms with Crippen molar-refractivity contribution in [3.63, 3.8) is 0 Å². The maximum atomic E-state index is 16.0. The maximum Gasteiger partial charge on any atom is 0.169 e. The first-order valence-corrected chi connectivity index (χ1v) is 18.1. The Morgan fingerprint density at radius 2 is 1.28 bits per heavy atom. The smallest absolute Gasteiger partial charge is 0.169 e. The van der Waals surface area contributed by atoms with Gasteiger partial charge >= 0.3 is 0 Å². The van der Waals surface area contributed by atoms with E-state index in [-0.39, 0.29) is 11.1 Å². The summed E-state index contributed by atoms with van der Waals surface area (Å²) in [6.45, 7) is 8.89. The van der Waals surface area contributed by atoms with Crippen molar-refractivity contribution in [2.45, 2.75) is 91.9 Å². The van der Waals surface area contributed by atoms with Gasteiger partial charge in [-0.25, -0.2) is 17.9 Å². The molecule has 0 aromatic carbocycles. The molecule has 2 aromatic heterocycles. The number of rotatable bonds is 14. The van der Waals surface area contributed by atoms with E-state index >= 15 is 8.78 Å². The summed E-state index contributed by atoms with van der Waals surface area (Å²) in [5.74, 6) is -0.466. The Bertz CT molecular complexity index is 1250. The van der Waals surface area contributed by atoms with Crippen LogP contribution in [0, 0.1) is 17.9 Å². The van der Waals surface area contributed by atoms with Gasteiger partial charge in [-0.2, -0.15) is 0 Å². The molecule has 3 heterocycles. The highest BCUT2D eigenvalue weighted by Crippen LogP contribution is 2.51. The predicted molar refractivity (Wildman–Crippen MR) is 176 cm³/mol. The lowest BCUT2D eigenvalue weighted by atomic mass is 9.87. The van der Waals surface area contributed by atoms with Crippen LogP contribution in [-0.2, 0) is 12.8 Å². The van der Waals surface area contributed by atoms with Gasteiger partial charge in [0.15, 0.2) is 11.7 Å². The summed E-state index contributed by atoms with van der Waals surface area (Å²) in [7, 11) is 0. The zero-order valence-electron chi connectivity index (χ0n) is 23.1. The van der Waals surface area contributed by atoms with Crippen LogP contribution in [0.5, 0.6) is 0 Å². The quantitative estimate of drug-likeness (QED) is 0.197. The van der Waals surface area contributed by atoms with Crippen LogP contribution < -0.4 is 4.72 Å². The summed E-state index contributed by atoms with van der Waals surface area (Å²) < 4.78 is 41.6. The van der Waals surface area contributed by atoms with Gasteiger partial charge in [0.25, 0.3) is 0 Å². The molecular weight excluding hydrogens is 682 g/mol. The second-order valence-corrected chi connectivity index (χ2v) is 15.8. The fourth-order valence-electron chi connectivity index (χ4n) is 5.28. The Morgan fingerprint density at radius 1 is 0.795 bits per heavy atom. The van der Waals surface area contributed by atoms with Crippen LogP contribution in [0.2, 0.25) is 0 Å². The van der Waals surface area contributed by atoms with Crippen LogP contribution in [0.1, 0.15) is 99.9 Å². The van der Waals surface area contributed by atoms with Crippen molar-refractivity contribution in [3.8, 4) is 0 Å². The average molecular weight is 720 g/mol. The minimum atomic E-state index is -0.824. The molecule has 9 heteroatoms. The van der Waals surface area contributed by atoms with Gasteiger partial charge in [0, 0.05) is 15.3 Å². The van der Waals surface area contributed by atoms with Crippen LogP contribution in [-0.4, -0.2) is 5.71 Å². The van der Waals surface area contributed by atoms with E-state index in [1.807, 2.05) is 12.1 Å². The number of halogens is 4. The van der Waals surface area contributed by atoms with Gasteiger partial charge in [0.1, 0.15) is 6.04 Å². The van der Waals surface area contributed by atoms with Gasteiger partial charge in [-0.3, -0.25) is 0 Å². The molecule has 1 radical (unpaired) electrons. The fraction of sp³-hybridized carbons (Fsp3) is 0.533. The summed E-state index contributed by atoms with van der Waals surface area (Å²) in [6.07, 6.45) is 11.2. The number of allylic oxidation sites excluding steroid dienone is 2. The highest BCUT2D eigenvalue weighted by Gasteiger charge is 2.42. The number of hydrogen-bond acceptors (Lipinski definition) is 5. The maximum absolute atomic E-state index is 16.0. The van der Waals surface area contributed by atoms with Crippen molar-refractivity contribution in [1.29, 1.82) is 0 Å². The van der Waals surface area contributed by atoms with E-state index in [1.165, 1.54) is 66.8 Å². The number of nitrogens with zero attached hydrogens (tertiary/aromatic N) is 1. The average Bonchev–Trinajstić information content (AvgIpc) is 3.64. The predicted octanol–water partition coefficient (Wildman–Crippen LogP) is 12.1. The second-order valence-electron chi connectivity index (χ2n) is 10.4. The lowest BCUT2D eigenvalue weighted by molar-refractivity contribution is 0.449. The summed E-state index contributed by atoms with van der Waals surface area (Å²) in [5, 5.41) is 0. The van der Waals surface area contributed by atoms with Crippen LogP contribution in [0.15, 0.2) is 35.8 Å². The fourth-order valence-corrected chi connectivity index (χ4v) is 9.41. The van der Waals surface area contributed by atoms with Crippen LogP contribution >= 0.6 is 66.7 Å². The molecule has 213 valence electrons. The Morgan fingerprint density at radius 3 is 1.77 bits per heavy atom. The zero-order chi connectivity index (χ0) is 28.1. The molecule has 0 fully saturated rings. The highest BCUT2D eigenvalue weighted by atomic mass is 79.9. The van der Waals surface area contributed by atoms with Crippen LogP contribution in [0.25, 0.3) is 11.1 Å². The van der Waals surface area contributed by atoms with Gasteiger partial charge in [-0.05, 0) is 79.8 Å². The van der Waals surface area contributed by atoms with E-state index in [9.17, 15) is 0 Å². The van der Waals surface area contributed by atoms with Crippen LogP contribution in [0.3, 0.4) is 0 Å². The Kier molecular flexibility index (Phi) is 11.9. The molecule has 4 rings (SSSR count). The highest BCUT2D eigenvalue weighted by molar-refractivity contribution is 9.11. The molecule has 1 N–H and O–H groups in total. The molecule has 0 amide bonds. The van der Waals surface area contributed by atoms with Gasteiger partial charge in [0.2, 0.25) is 0 Å². The number of fused-ring (bicyclic) bond motifs is 1. The van der Waals surface area contributed by atoms with Gasteiger partial charge < -0.3 is 0 Å². The molecule has 2 nitrogen and oxygen atoms in total. The molecule has 1 aliphatic carbocycles. The summed E-state index contributed by atoms with van der Waals surface area (Å²) >= 11 is 11.5. The summed E-state index contributed by atoms with van der Waals surface area (Å²) in [4.78, 5) is 1.44. The monoisotopic (exact) mass is 717 g/mol. The zero-order valence-corrected chi connectivity index (χ0v) is 28.7. The number of thiophene rings is 2. The molecule has 0 saturated heterocycles. The largest absolute Gasteiger partial charge is 0.225 e. The summed E-state index contributed by atoms with van der Waals surface area (Å²) in [6, 6.07) is 4.63. The standard InChI is InChI=1S/C30H37Br2F2N2S3/c1-5-9-11-17(7-3)13-19-15-21(37-29(19)31)23-25(33)26(34)24(28-27(23)35-39-36-28)22-16-20(30(32)38-22)14-18(8-4)12-10-6-2/h15-18,35H,5-14H2,1-4H3. The van der Waals surface area contributed by atoms with E-state index in [1.54, 1.807) is 0 Å². The van der Waals surface area contributed by atoms with Gasteiger partial charge in [-0.1, -0.05) is 79.1 Å². The second kappa shape index (κ2) is 14.7. The minimum Gasteiger partial charge on any atom is -0.225 e. The molecule has 2 atom stereocenters. The molecule has 39 heavy (non-hydrogen) atoms.